The first-order chi connectivity index (χ1) is 28.3. The number of hydrogen-bond donors (Lipinski definition) is 3. The smallest absolute Gasteiger partial charge is 0.253 e. The average molecular weight is 840 g/mol. The number of pyridine rings is 1. The molecule has 3 aromatic rings. The van der Waals surface area contributed by atoms with Gasteiger partial charge in [-0.3, -0.25) is 29.0 Å². The SMILES string of the molecule is Cc1ncsc1-c1ccc([C@H](C)NC(=O)[C@@H]2CCCN2C(=O)[C@@H](NC(=O)CN2CC(N3CCN(c4ccc(C(=O)NC5C(C)(C)CC5(C)C)cn4)CC3)C2)C(C)(C)C)cc1. The van der Waals surface area contributed by atoms with Crippen LogP contribution in [0.4, 0.5) is 5.82 Å². The second-order valence-electron chi connectivity index (χ2n) is 20.0. The molecule has 0 bridgehead atoms. The normalized spacial score (nSPS) is 22.1. The van der Waals surface area contributed by atoms with Gasteiger partial charge in [0.25, 0.3) is 5.91 Å². The number of nitrogens with one attached hydrogen (secondary N) is 3. The number of benzene rings is 1. The van der Waals surface area contributed by atoms with E-state index in [-0.39, 0.29) is 53.1 Å². The van der Waals surface area contributed by atoms with E-state index in [0.717, 1.165) is 79.6 Å². The molecule has 3 aliphatic heterocycles. The fourth-order valence-corrected chi connectivity index (χ4v) is 11.1. The summed E-state index contributed by atoms with van der Waals surface area (Å²) < 4.78 is 0. The molecule has 3 saturated heterocycles. The van der Waals surface area contributed by atoms with Crippen LogP contribution in [0.1, 0.15) is 102 Å². The number of rotatable bonds is 12. The largest absolute Gasteiger partial charge is 0.354 e. The molecule has 2 aromatic heterocycles. The number of anilines is 1. The van der Waals surface area contributed by atoms with E-state index in [2.05, 4.69) is 80.4 Å². The lowest BCUT2D eigenvalue weighted by atomic mass is 9.52. The summed E-state index contributed by atoms with van der Waals surface area (Å²) in [7, 11) is 0. The Labute approximate surface area is 360 Å². The summed E-state index contributed by atoms with van der Waals surface area (Å²) in [5, 5.41) is 9.47. The van der Waals surface area contributed by atoms with E-state index in [1.54, 1.807) is 22.4 Å². The summed E-state index contributed by atoms with van der Waals surface area (Å²) in [4.78, 5) is 73.0. The third-order valence-electron chi connectivity index (χ3n) is 13.3. The zero-order valence-corrected chi connectivity index (χ0v) is 37.8. The summed E-state index contributed by atoms with van der Waals surface area (Å²) in [5.74, 6) is 0.248. The maximum Gasteiger partial charge on any atom is 0.253 e. The standard InChI is InChI=1S/C46H65N9O4S/c1-29(31-12-14-32(15-13-31)38-30(2)48-28-60-38)49-41(58)35-11-10-18-55(35)42(59)39(44(3,4)5)50-37(56)26-52-24-34(25-52)53-19-21-54(22-20-53)36-17-16-33(23-47-36)40(57)51-43-45(6,7)27-46(43,8)9/h12-17,23,28-29,34-35,39,43H,10-11,18-22,24-27H2,1-9H3,(H,49,58)(H,50,56)(H,51,57)/t29-,35-,39+/m0/s1. The Bertz CT molecular complexity index is 2010. The predicted octanol–water partition coefficient (Wildman–Crippen LogP) is 5.27. The van der Waals surface area contributed by atoms with E-state index < -0.39 is 17.5 Å². The van der Waals surface area contributed by atoms with Crippen LogP contribution in [-0.4, -0.2) is 125 Å². The number of nitrogens with zero attached hydrogens (tertiary/aromatic N) is 6. The minimum Gasteiger partial charge on any atom is -0.354 e. The molecule has 14 heteroatoms. The molecule has 3 N–H and O–H groups in total. The fraction of sp³-hybridized carbons (Fsp3) is 0.609. The third-order valence-corrected chi connectivity index (χ3v) is 14.2. The van der Waals surface area contributed by atoms with Crippen molar-refractivity contribution >= 4 is 40.8 Å². The monoisotopic (exact) mass is 839 g/mol. The molecule has 0 spiro atoms. The number of likely N-dealkylation sites (tertiary alicyclic amines) is 2. The van der Waals surface area contributed by atoms with Gasteiger partial charge >= 0.3 is 0 Å². The highest BCUT2D eigenvalue weighted by Crippen LogP contribution is 2.53. The van der Waals surface area contributed by atoms with Gasteiger partial charge in [0.1, 0.15) is 17.9 Å². The van der Waals surface area contributed by atoms with E-state index in [4.69, 9.17) is 0 Å². The second-order valence-corrected chi connectivity index (χ2v) is 20.9. The van der Waals surface area contributed by atoms with Crippen LogP contribution in [0.2, 0.25) is 0 Å². The number of piperazine rings is 1. The Balaban J connectivity index is 0.851. The molecule has 7 rings (SSSR count). The molecule has 0 unspecified atom stereocenters. The summed E-state index contributed by atoms with van der Waals surface area (Å²) in [5.41, 5.74) is 5.14. The third kappa shape index (κ3) is 9.40. The number of aromatic nitrogens is 2. The quantitative estimate of drug-likeness (QED) is 0.222. The Hall–Kier alpha value is -4.40. The van der Waals surface area contributed by atoms with Crippen LogP contribution in [0, 0.1) is 23.2 Å². The molecule has 1 aliphatic carbocycles. The Morgan fingerprint density at radius 1 is 0.900 bits per heavy atom. The van der Waals surface area contributed by atoms with Crippen molar-refractivity contribution in [3.63, 3.8) is 0 Å². The Morgan fingerprint density at radius 2 is 1.58 bits per heavy atom. The summed E-state index contributed by atoms with van der Waals surface area (Å²) in [6, 6.07) is 10.9. The molecule has 3 atom stereocenters. The van der Waals surface area contributed by atoms with Crippen LogP contribution < -0.4 is 20.9 Å². The predicted molar refractivity (Wildman–Crippen MR) is 237 cm³/mol. The maximum absolute atomic E-state index is 14.2. The summed E-state index contributed by atoms with van der Waals surface area (Å²) >= 11 is 1.61. The van der Waals surface area contributed by atoms with Crippen molar-refractivity contribution in [1.29, 1.82) is 0 Å². The van der Waals surface area contributed by atoms with Gasteiger partial charge in [0.05, 0.1) is 34.2 Å². The molecule has 4 fully saturated rings. The number of carbonyl (C=O) groups excluding carboxylic acids is 4. The van der Waals surface area contributed by atoms with Gasteiger partial charge in [0, 0.05) is 64.1 Å². The van der Waals surface area contributed by atoms with Crippen LogP contribution >= 0.6 is 11.3 Å². The Kier molecular flexibility index (Phi) is 12.5. The molecule has 324 valence electrons. The molecular formula is C46H65N9O4S. The molecule has 5 heterocycles. The van der Waals surface area contributed by atoms with Crippen LogP contribution in [0.3, 0.4) is 0 Å². The first-order valence-electron chi connectivity index (χ1n) is 21.7. The molecule has 13 nitrogen and oxygen atoms in total. The van der Waals surface area contributed by atoms with Crippen molar-refractivity contribution in [3.05, 3.63) is 64.9 Å². The minimum absolute atomic E-state index is 0.0692. The maximum atomic E-state index is 14.2. The van der Waals surface area contributed by atoms with E-state index in [1.807, 2.05) is 64.4 Å². The van der Waals surface area contributed by atoms with Crippen molar-refractivity contribution in [2.45, 2.75) is 112 Å². The van der Waals surface area contributed by atoms with Gasteiger partial charge in [-0.2, -0.15) is 0 Å². The highest BCUT2D eigenvalue weighted by Gasteiger charge is 2.53. The van der Waals surface area contributed by atoms with Gasteiger partial charge in [-0.05, 0) is 72.6 Å². The van der Waals surface area contributed by atoms with Gasteiger partial charge in [-0.1, -0.05) is 72.7 Å². The summed E-state index contributed by atoms with van der Waals surface area (Å²) in [6.45, 7) is 24.4. The van der Waals surface area contributed by atoms with E-state index in [1.165, 1.54) is 0 Å². The zero-order chi connectivity index (χ0) is 43.1. The highest BCUT2D eigenvalue weighted by molar-refractivity contribution is 7.13. The topological polar surface area (TPSA) is 143 Å². The van der Waals surface area contributed by atoms with Gasteiger partial charge in [-0.25, -0.2) is 9.97 Å². The molecule has 4 amide bonds. The lowest BCUT2D eigenvalue weighted by Crippen LogP contribution is -2.65. The number of aryl methyl sites for hydroxylation is 1. The van der Waals surface area contributed by atoms with E-state index in [0.29, 0.717) is 24.6 Å². The van der Waals surface area contributed by atoms with Crippen LogP contribution in [-0.2, 0) is 14.4 Å². The molecule has 0 radical (unpaired) electrons. The number of thiazole rings is 1. The highest BCUT2D eigenvalue weighted by atomic mass is 32.1. The van der Waals surface area contributed by atoms with Crippen LogP contribution in [0.25, 0.3) is 10.4 Å². The lowest BCUT2D eigenvalue weighted by molar-refractivity contribution is -0.144. The van der Waals surface area contributed by atoms with Crippen molar-refractivity contribution in [3.8, 4) is 10.4 Å². The molecule has 1 saturated carbocycles. The Morgan fingerprint density at radius 3 is 2.17 bits per heavy atom. The van der Waals surface area contributed by atoms with Crippen molar-refractivity contribution in [2.24, 2.45) is 16.2 Å². The van der Waals surface area contributed by atoms with Gasteiger partial charge in [0.15, 0.2) is 0 Å². The number of amides is 4. The van der Waals surface area contributed by atoms with E-state index >= 15 is 0 Å². The van der Waals surface area contributed by atoms with Crippen LogP contribution in [0.5, 0.6) is 0 Å². The van der Waals surface area contributed by atoms with Crippen molar-refractivity contribution in [2.75, 3.05) is 57.3 Å². The molecule has 1 aromatic carbocycles. The zero-order valence-electron chi connectivity index (χ0n) is 37.0. The van der Waals surface area contributed by atoms with Crippen LogP contribution in [0.15, 0.2) is 48.1 Å². The van der Waals surface area contributed by atoms with E-state index in [9.17, 15) is 19.2 Å². The fourth-order valence-electron chi connectivity index (χ4n) is 10.3. The average Bonchev–Trinajstić information content (AvgIpc) is 3.86. The lowest BCUT2D eigenvalue weighted by Gasteiger charge is -2.57. The molecular weight excluding hydrogens is 775 g/mol. The minimum atomic E-state index is -0.761. The summed E-state index contributed by atoms with van der Waals surface area (Å²) in [6.07, 6.45) is 4.09. The van der Waals surface area contributed by atoms with Crippen molar-refractivity contribution in [1.82, 2.24) is 40.6 Å². The molecule has 60 heavy (non-hydrogen) atoms. The van der Waals surface area contributed by atoms with Gasteiger partial charge in [0.2, 0.25) is 17.7 Å². The van der Waals surface area contributed by atoms with Gasteiger partial charge < -0.3 is 25.8 Å². The second kappa shape index (κ2) is 17.2. The molecule has 4 aliphatic rings. The van der Waals surface area contributed by atoms with Gasteiger partial charge in [-0.15, -0.1) is 11.3 Å². The first-order valence-corrected chi connectivity index (χ1v) is 22.6. The van der Waals surface area contributed by atoms with Crippen molar-refractivity contribution < 1.29 is 19.2 Å². The first kappa shape index (κ1) is 43.7. The number of carbonyl (C=O) groups is 4. The number of hydrogen-bond acceptors (Lipinski definition) is 10.